The Bertz CT molecular complexity index is 683. The molecule has 1 heterocycles. The highest BCUT2D eigenvalue weighted by Gasteiger charge is 2.36. The summed E-state index contributed by atoms with van der Waals surface area (Å²) >= 11 is 0. The maximum absolute atomic E-state index is 12.4. The zero-order chi connectivity index (χ0) is 16.5. The largest absolute Gasteiger partial charge is 0.490 e. The van der Waals surface area contributed by atoms with Gasteiger partial charge in [-0.05, 0) is 38.5 Å². The molecule has 1 aliphatic rings. The third kappa shape index (κ3) is 3.35. The fourth-order valence-electron chi connectivity index (χ4n) is 2.35. The van der Waals surface area contributed by atoms with Gasteiger partial charge in [-0.1, -0.05) is 6.92 Å². The Morgan fingerprint density at radius 2 is 2.05 bits per heavy atom. The SMILES string of the molecule is CCCS(=O)(=O)Nc1ccc2c(c1)N(C)C(=O)C(C)(C)CO2. The molecule has 7 heteroatoms. The number of sulfonamides is 1. The molecule has 122 valence electrons. The standard InChI is InChI=1S/C15H22N2O4S/c1-5-8-22(19,20)16-11-6-7-13-12(9-11)17(4)14(18)15(2,3)10-21-13/h6-7,9,16H,5,8,10H2,1-4H3. The van der Waals surface area contributed by atoms with Crippen LogP contribution < -0.4 is 14.4 Å². The summed E-state index contributed by atoms with van der Waals surface area (Å²) in [5, 5.41) is 0. The van der Waals surface area contributed by atoms with Crippen LogP contribution in [-0.2, 0) is 14.8 Å². The van der Waals surface area contributed by atoms with Gasteiger partial charge in [0.05, 0.1) is 22.5 Å². The van der Waals surface area contributed by atoms with Gasteiger partial charge >= 0.3 is 0 Å². The lowest BCUT2D eigenvalue weighted by molar-refractivity contribution is -0.127. The van der Waals surface area contributed by atoms with Crippen molar-refractivity contribution in [2.45, 2.75) is 27.2 Å². The molecule has 1 N–H and O–H groups in total. The second-order valence-corrected chi connectivity index (χ2v) is 7.98. The molecule has 0 radical (unpaired) electrons. The number of hydrogen-bond donors (Lipinski definition) is 1. The van der Waals surface area contributed by atoms with Crippen LogP contribution in [0.4, 0.5) is 11.4 Å². The first-order valence-electron chi connectivity index (χ1n) is 7.22. The zero-order valence-corrected chi connectivity index (χ0v) is 14.2. The van der Waals surface area contributed by atoms with Gasteiger partial charge in [-0.25, -0.2) is 8.42 Å². The number of nitrogens with one attached hydrogen (secondary N) is 1. The van der Waals surface area contributed by atoms with Crippen LogP contribution in [0.2, 0.25) is 0 Å². The molecule has 0 spiro atoms. The summed E-state index contributed by atoms with van der Waals surface area (Å²) in [5.41, 5.74) is 0.359. The first-order valence-corrected chi connectivity index (χ1v) is 8.87. The van der Waals surface area contributed by atoms with E-state index in [2.05, 4.69) is 4.72 Å². The molecular formula is C15H22N2O4S. The molecule has 22 heavy (non-hydrogen) atoms. The first kappa shape index (κ1) is 16.6. The lowest BCUT2D eigenvalue weighted by atomic mass is 9.93. The van der Waals surface area contributed by atoms with E-state index in [0.717, 1.165) is 0 Å². The van der Waals surface area contributed by atoms with E-state index in [1.165, 1.54) is 4.90 Å². The minimum atomic E-state index is -3.37. The smallest absolute Gasteiger partial charge is 0.235 e. The topological polar surface area (TPSA) is 75.7 Å². The van der Waals surface area contributed by atoms with Gasteiger partial charge < -0.3 is 9.64 Å². The van der Waals surface area contributed by atoms with E-state index in [1.54, 1.807) is 32.2 Å². The van der Waals surface area contributed by atoms with Gasteiger partial charge in [0, 0.05) is 7.05 Å². The monoisotopic (exact) mass is 326 g/mol. The number of rotatable bonds is 4. The van der Waals surface area contributed by atoms with E-state index in [0.29, 0.717) is 23.5 Å². The summed E-state index contributed by atoms with van der Waals surface area (Å²) in [6, 6.07) is 4.95. The van der Waals surface area contributed by atoms with Crippen molar-refractivity contribution in [2.75, 3.05) is 29.0 Å². The van der Waals surface area contributed by atoms with Crippen molar-refractivity contribution in [3.63, 3.8) is 0 Å². The number of fused-ring (bicyclic) bond motifs is 1. The minimum absolute atomic E-state index is 0.0579. The van der Waals surface area contributed by atoms with Crippen LogP contribution in [-0.4, -0.2) is 33.7 Å². The minimum Gasteiger partial charge on any atom is -0.490 e. The third-order valence-corrected chi connectivity index (χ3v) is 5.03. The van der Waals surface area contributed by atoms with E-state index in [1.807, 2.05) is 13.8 Å². The van der Waals surface area contributed by atoms with Crippen LogP contribution in [0.25, 0.3) is 0 Å². The highest BCUT2D eigenvalue weighted by Crippen LogP contribution is 2.37. The first-order chi connectivity index (χ1) is 10.2. The van der Waals surface area contributed by atoms with Gasteiger partial charge in [-0.3, -0.25) is 9.52 Å². The number of amides is 1. The molecule has 1 amide bonds. The second-order valence-electron chi connectivity index (χ2n) is 6.14. The van der Waals surface area contributed by atoms with E-state index in [9.17, 15) is 13.2 Å². The Morgan fingerprint density at radius 1 is 1.36 bits per heavy atom. The molecule has 0 saturated carbocycles. The molecule has 0 aliphatic carbocycles. The number of carbonyl (C=O) groups is 1. The molecule has 6 nitrogen and oxygen atoms in total. The third-order valence-electron chi connectivity index (χ3n) is 3.54. The van der Waals surface area contributed by atoms with Gasteiger partial charge in [0.1, 0.15) is 12.4 Å². The highest BCUT2D eigenvalue weighted by atomic mass is 32.2. The Hall–Kier alpha value is -1.76. The highest BCUT2D eigenvalue weighted by molar-refractivity contribution is 7.92. The Kier molecular flexibility index (Phi) is 4.37. The van der Waals surface area contributed by atoms with E-state index >= 15 is 0 Å². The Morgan fingerprint density at radius 3 is 2.68 bits per heavy atom. The number of benzene rings is 1. The fourth-order valence-corrected chi connectivity index (χ4v) is 3.47. The second kappa shape index (κ2) is 5.79. The predicted octanol–water partition coefficient (Wildman–Crippen LogP) is 2.22. The van der Waals surface area contributed by atoms with Crippen molar-refractivity contribution >= 4 is 27.3 Å². The van der Waals surface area contributed by atoms with Gasteiger partial charge in [-0.2, -0.15) is 0 Å². The van der Waals surface area contributed by atoms with Crippen molar-refractivity contribution in [1.82, 2.24) is 0 Å². The summed E-state index contributed by atoms with van der Waals surface area (Å²) < 4.78 is 31.9. The van der Waals surface area contributed by atoms with Crippen molar-refractivity contribution in [3.8, 4) is 5.75 Å². The van der Waals surface area contributed by atoms with E-state index < -0.39 is 15.4 Å². The van der Waals surface area contributed by atoms with Crippen LogP contribution in [0.5, 0.6) is 5.75 Å². The van der Waals surface area contributed by atoms with Crippen molar-refractivity contribution in [1.29, 1.82) is 0 Å². The maximum atomic E-state index is 12.4. The van der Waals surface area contributed by atoms with Crippen LogP contribution in [0.15, 0.2) is 18.2 Å². The number of nitrogens with zero attached hydrogens (tertiary/aromatic N) is 1. The zero-order valence-electron chi connectivity index (χ0n) is 13.3. The molecule has 1 aromatic carbocycles. The molecule has 0 atom stereocenters. The number of anilines is 2. The average molecular weight is 326 g/mol. The predicted molar refractivity (Wildman–Crippen MR) is 86.8 cm³/mol. The van der Waals surface area contributed by atoms with Crippen LogP contribution in [0.1, 0.15) is 27.2 Å². The molecule has 2 rings (SSSR count). The lowest BCUT2D eigenvalue weighted by Gasteiger charge is -2.24. The lowest BCUT2D eigenvalue weighted by Crippen LogP contribution is -2.39. The van der Waals surface area contributed by atoms with E-state index in [4.69, 9.17) is 4.74 Å². The van der Waals surface area contributed by atoms with Crippen molar-refractivity contribution in [3.05, 3.63) is 18.2 Å². The van der Waals surface area contributed by atoms with Gasteiger partial charge in [0.15, 0.2) is 0 Å². The van der Waals surface area contributed by atoms with Gasteiger partial charge in [0.2, 0.25) is 15.9 Å². The van der Waals surface area contributed by atoms with Crippen LogP contribution in [0, 0.1) is 5.41 Å². The summed E-state index contributed by atoms with van der Waals surface area (Å²) in [4.78, 5) is 13.9. The quantitative estimate of drug-likeness (QED) is 0.920. The number of carbonyl (C=O) groups excluding carboxylic acids is 1. The summed E-state index contributed by atoms with van der Waals surface area (Å²) in [6.07, 6.45) is 0.538. The Labute approximate surface area is 131 Å². The molecular weight excluding hydrogens is 304 g/mol. The fraction of sp³-hybridized carbons (Fsp3) is 0.533. The Balaban J connectivity index is 2.36. The normalized spacial score (nSPS) is 17.5. The molecule has 0 bridgehead atoms. The molecule has 0 saturated heterocycles. The van der Waals surface area contributed by atoms with Crippen LogP contribution >= 0.6 is 0 Å². The summed E-state index contributed by atoms with van der Waals surface area (Å²) in [7, 11) is -1.70. The molecule has 0 aromatic heterocycles. The summed E-state index contributed by atoms with van der Waals surface area (Å²) in [6.45, 7) is 5.73. The molecule has 0 unspecified atom stereocenters. The van der Waals surface area contributed by atoms with Gasteiger partial charge in [0.25, 0.3) is 0 Å². The summed E-state index contributed by atoms with van der Waals surface area (Å²) in [5.74, 6) is 0.558. The van der Waals surface area contributed by atoms with E-state index in [-0.39, 0.29) is 18.3 Å². The molecule has 1 aromatic rings. The number of hydrogen-bond acceptors (Lipinski definition) is 4. The van der Waals surface area contributed by atoms with Crippen LogP contribution in [0.3, 0.4) is 0 Å². The van der Waals surface area contributed by atoms with Crippen molar-refractivity contribution in [2.24, 2.45) is 5.41 Å². The maximum Gasteiger partial charge on any atom is 0.235 e. The molecule has 0 fully saturated rings. The van der Waals surface area contributed by atoms with Gasteiger partial charge in [-0.15, -0.1) is 0 Å². The average Bonchev–Trinajstić information content (AvgIpc) is 2.50. The number of ether oxygens (including phenoxy) is 1. The van der Waals surface area contributed by atoms with Crippen molar-refractivity contribution < 1.29 is 17.9 Å². The molecule has 1 aliphatic heterocycles.